The van der Waals surface area contributed by atoms with Crippen LogP contribution in [0.5, 0.6) is 0 Å². The molecule has 166 valence electrons. The Morgan fingerprint density at radius 3 is 2.32 bits per heavy atom. The van der Waals surface area contributed by atoms with E-state index in [1.165, 1.54) is 36.0 Å². The molecule has 31 heavy (non-hydrogen) atoms. The van der Waals surface area contributed by atoms with Crippen molar-refractivity contribution in [2.75, 3.05) is 36.0 Å². The van der Waals surface area contributed by atoms with Crippen LogP contribution in [0.4, 0.5) is 11.6 Å². The minimum atomic E-state index is -0.0227. The van der Waals surface area contributed by atoms with E-state index in [9.17, 15) is 4.79 Å². The molecule has 0 aliphatic carbocycles. The second-order valence-corrected chi connectivity index (χ2v) is 9.17. The summed E-state index contributed by atoms with van der Waals surface area (Å²) in [4.78, 5) is 17.5. The lowest BCUT2D eigenvalue weighted by Crippen LogP contribution is -2.44. The van der Waals surface area contributed by atoms with E-state index in [0.717, 1.165) is 44.1 Å². The van der Waals surface area contributed by atoms with Crippen molar-refractivity contribution in [2.24, 2.45) is 5.92 Å². The van der Waals surface area contributed by atoms with Crippen LogP contribution in [0.15, 0.2) is 30.3 Å². The molecule has 2 aliphatic heterocycles. The molecule has 2 atom stereocenters. The van der Waals surface area contributed by atoms with Gasteiger partial charge in [-0.2, -0.15) is 0 Å². The van der Waals surface area contributed by atoms with Crippen molar-refractivity contribution in [3.05, 3.63) is 47.0 Å². The fraction of sp³-hybridized carbons (Fsp3) is 0.560. The molecule has 2 saturated heterocycles. The summed E-state index contributed by atoms with van der Waals surface area (Å²) in [7, 11) is 0. The van der Waals surface area contributed by atoms with Gasteiger partial charge in [-0.1, -0.05) is 23.8 Å². The van der Waals surface area contributed by atoms with Gasteiger partial charge in [-0.15, -0.1) is 10.2 Å². The third-order valence-electron chi connectivity index (χ3n) is 6.68. The Kier molecular flexibility index (Phi) is 6.73. The van der Waals surface area contributed by atoms with Crippen LogP contribution in [0.3, 0.4) is 0 Å². The SMILES string of the molecule is Cc1ccc([C@@H](C)NC(=O)[C@H]2CCCN(c3ccc(N4CCCCC4)nn3)C2)c(C)c1. The van der Waals surface area contributed by atoms with Crippen LogP contribution in [0.1, 0.15) is 61.8 Å². The number of hydrogen-bond acceptors (Lipinski definition) is 5. The smallest absolute Gasteiger partial charge is 0.225 e. The number of carbonyl (C=O) groups excluding carboxylic acids is 1. The first-order chi connectivity index (χ1) is 15.0. The van der Waals surface area contributed by atoms with Crippen LogP contribution in [-0.4, -0.2) is 42.3 Å². The Labute approximate surface area is 186 Å². The number of aryl methyl sites for hydroxylation is 2. The number of benzene rings is 1. The van der Waals surface area contributed by atoms with Gasteiger partial charge in [0.05, 0.1) is 12.0 Å². The third-order valence-corrected chi connectivity index (χ3v) is 6.68. The van der Waals surface area contributed by atoms with Crippen LogP contribution in [-0.2, 0) is 4.79 Å². The number of amides is 1. The number of carbonyl (C=O) groups is 1. The van der Waals surface area contributed by atoms with E-state index < -0.39 is 0 Å². The molecule has 0 bridgehead atoms. The molecule has 1 aromatic heterocycles. The molecule has 0 saturated carbocycles. The minimum Gasteiger partial charge on any atom is -0.355 e. The van der Waals surface area contributed by atoms with Gasteiger partial charge in [-0.3, -0.25) is 4.79 Å². The Bertz CT molecular complexity index is 891. The van der Waals surface area contributed by atoms with E-state index in [1.807, 2.05) is 0 Å². The van der Waals surface area contributed by atoms with E-state index >= 15 is 0 Å². The molecular weight excluding hydrogens is 386 g/mol. The average molecular weight is 422 g/mol. The molecule has 0 spiro atoms. The third kappa shape index (κ3) is 5.17. The molecule has 1 amide bonds. The number of aromatic nitrogens is 2. The van der Waals surface area contributed by atoms with Crippen molar-refractivity contribution in [2.45, 2.75) is 58.9 Å². The predicted molar refractivity (Wildman–Crippen MR) is 126 cm³/mol. The van der Waals surface area contributed by atoms with Crippen molar-refractivity contribution in [3.8, 4) is 0 Å². The highest BCUT2D eigenvalue weighted by molar-refractivity contribution is 5.80. The lowest BCUT2D eigenvalue weighted by molar-refractivity contribution is -0.125. The van der Waals surface area contributed by atoms with Gasteiger partial charge in [0.15, 0.2) is 11.6 Å². The molecule has 4 rings (SSSR count). The average Bonchev–Trinajstić information content (AvgIpc) is 2.80. The summed E-state index contributed by atoms with van der Waals surface area (Å²) in [5.74, 6) is 1.96. The zero-order chi connectivity index (χ0) is 21.8. The maximum Gasteiger partial charge on any atom is 0.225 e. The first-order valence-electron chi connectivity index (χ1n) is 11.7. The second-order valence-electron chi connectivity index (χ2n) is 9.17. The summed E-state index contributed by atoms with van der Waals surface area (Å²) in [6.45, 7) is 10.0. The molecule has 6 heteroatoms. The van der Waals surface area contributed by atoms with Crippen molar-refractivity contribution in [1.82, 2.24) is 15.5 Å². The molecule has 1 aromatic carbocycles. The summed E-state index contributed by atoms with van der Waals surface area (Å²) < 4.78 is 0. The molecular formula is C25H35N5O. The number of nitrogens with one attached hydrogen (secondary N) is 1. The fourth-order valence-electron chi connectivity index (χ4n) is 4.90. The van der Waals surface area contributed by atoms with Gasteiger partial charge in [-0.25, -0.2) is 0 Å². The molecule has 1 N–H and O–H groups in total. The van der Waals surface area contributed by atoms with Gasteiger partial charge in [0.1, 0.15) is 0 Å². The number of hydrogen-bond donors (Lipinski definition) is 1. The van der Waals surface area contributed by atoms with Gasteiger partial charge < -0.3 is 15.1 Å². The van der Waals surface area contributed by atoms with Gasteiger partial charge in [0, 0.05) is 26.2 Å². The normalized spacial score (nSPS) is 20.4. The Morgan fingerprint density at radius 2 is 1.65 bits per heavy atom. The van der Waals surface area contributed by atoms with Crippen molar-refractivity contribution in [3.63, 3.8) is 0 Å². The van der Waals surface area contributed by atoms with Gasteiger partial charge in [-0.05, 0) is 76.1 Å². The topological polar surface area (TPSA) is 61.4 Å². The van der Waals surface area contributed by atoms with E-state index in [-0.39, 0.29) is 17.9 Å². The number of rotatable bonds is 5. The van der Waals surface area contributed by atoms with Crippen molar-refractivity contribution >= 4 is 17.5 Å². The Morgan fingerprint density at radius 1 is 0.968 bits per heavy atom. The first kappa shape index (κ1) is 21.6. The maximum atomic E-state index is 13.0. The van der Waals surface area contributed by atoms with E-state index in [1.54, 1.807) is 0 Å². The second kappa shape index (κ2) is 9.67. The molecule has 2 fully saturated rings. The van der Waals surface area contributed by atoms with Crippen molar-refractivity contribution < 1.29 is 4.79 Å². The number of nitrogens with zero attached hydrogens (tertiary/aromatic N) is 4. The molecule has 2 aromatic rings. The van der Waals surface area contributed by atoms with Crippen molar-refractivity contribution in [1.29, 1.82) is 0 Å². The quantitative estimate of drug-likeness (QED) is 0.785. The lowest BCUT2D eigenvalue weighted by atomic mass is 9.95. The summed E-state index contributed by atoms with van der Waals surface area (Å²) in [6, 6.07) is 10.6. The molecule has 6 nitrogen and oxygen atoms in total. The highest BCUT2D eigenvalue weighted by Crippen LogP contribution is 2.25. The highest BCUT2D eigenvalue weighted by Gasteiger charge is 2.28. The fourth-order valence-corrected chi connectivity index (χ4v) is 4.90. The summed E-state index contributed by atoms with van der Waals surface area (Å²) in [5.41, 5.74) is 3.66. The maximum absolute atomic E-state index is 13.0. The highest BCUT2D eigenvalue weighted by atomic mass is 16.2. The number of piperidine rings is 2. The monoisotopic (exact) mass is 421 g/mol. The first-order valence-corrected chi connectivity index (χ1v) is 11.7. The zero-order valence-corrected chi connectivity index (χ0v) is 19.1. The van der Waals surface area contributed by atoms with Gasteiger partial charge in [0.2, 0.25) is 5.91 Å². The zero-order valence-electron chi connectivity index (χ0n) is 19.1. The van der Waals surface area contributed by atoms with Crippen LogP contribution in [0.25, 0.3) is 0 Å². The van der Waals surface area contributed by atoms with E-state index in [2.05, 4.69) is 76.4 Å². The Balaban J connectivity index is 1.37. The molecule has 2 aliphatic rings. The van der Waals surface area contributed by atoms with E-state index in [0.29, 0.717) is 6.54 Å². The lowest BCUT2D eigenvalue weighted by Gasteiger charge is -2.33. The number of anilines is 2. The molecule has 0 unspecified atom stereocenters. The van der Waals surface area contributed by atoms with Gasteiger partial charge >= 0.3 is 0 Å². The van der Waals surface area contributed by atoms with Crippen LogP contribution in [0, 0.1) is 19.8 Å². The summed E-state index contributed by atoms with van der Waals surface area (Å²) in [5, 5.41) is 12.2. The molecule has 3 heterocycles. The van der Waals surface area contributed by atoms with Crippen LogP contribution < -0.4 is 15.1 Å². The Hall–Kier alpha value is -2.63. The standard InChI is InChI=1S/C25H35N5O/c1-18-9-10-22(19(2)16-18)20(3)26-25(31)21-8-7-15-30(17-21)24-12-11-23(27-28-24)29-13-5-4-6-14-29/h9-12,16,20-21H,4-8,13-15,17H2,1-3H3,(H,26,31)/t20-,21+/m1/s1. The summed E-state index contributed by atoms with van der Waals surface area (Å²) >= 11 is 0. The summed E-state index contributed by atoms with van der Waals surface area (Å²) in [6.07, 6.45) is 5.67. The largest absolute Gasteiger partial charge is 0.355 e. The minimum absolute atomic E-state index is 0.00657. The molecule has 0 radical (unpaired) electrons. The van der Waals surface area contributed by atoms with Crippen LogP contribution >= 0.6 is 0 Å². The van der Waals surface area contributed by atoms with Crippen LogP contribution in [0.2, 0.25) is 0 Å². The van der Waals surface area contributed by atoms with E-state index in [4.69, 9.17) is 0 Å². The predicted octanol–water partition coefficient (Wildman–Crippen LogP) is 4.18. The van der Waals surface area contributed by atoms with Gasteiger partial charge in [0.25, 0.3) is 0 Å².